The van der Waals surface area contributed by atoms with Gasteiger partial charge in [-0.1, -0.05) is 24.3 Å². The SMILES string of the molecule is CN1c2ccccc2C(=O)NC1c1ccc(Oc2cnccn2)cc1. The van der Waals surface area contributed by atoms with Gasteiger partial charge in [-0.3, -0.25) is 9.78 Å². The molecule has 0 saturated carbocycles. The van der Waals surface area contributed by atoms with Gasteiger partial charge in [0.05, 0.1) is 17.4 Å². The topological polar surface area (TPSA) is 67.4 Å². The van der Waals surface area contributed by atoms with Gasteiger partial charge < -0.3 is 15.0 Å². The Morgan fingerprint density at radius 3 is 2.64 bits per heavy atom. The Morgan fingerprint density at radius 2 is 1.88 bits per heavy atom. The number of hydrogen-bond donors (Lipinski definition) is 1. The number of carbonyl (C=O) groups excluding carboxylic acids is 1. The fourth-order valence-electron chi connectivity index (χ4n) is 2.90. The molecule has 1 N–H and O–H groups in total. The lowest BCUT2D eigenvalue weighted by Gasteiger charge is -2.36. The number of fused-ring (bicyclic) bond motifs is 1. The van der Waals surface area contributed by atoms with Crippen LogP contribution in [0.4, 0.5) is 5.69 Å². The summed E-state index contributed by atoms with van der Waals surface area (Å²) in [6.45, 7) is 0. The number of ether oxygens (including phenoxy) is 1. The molecule has 2 heterocycles. The molecule has 124 valence electrons. The molecule has 1 atom stereocenters. The van der Waals surface area contributed by atoms with Crippen LogP contribution in [0.15, 0.2) is 67.1 Å². The molecule has 6 heteroatoms. The van der Waals surface area contributed by atoms with Crippen LogP contribution in [0, 0.1) is 0 Å². The maximum Gasteiger partial charge on any atom is 0.255 e. The predicted molar refractivity (Wildman–Crippen MR) is 93.6 cm³/mol. The molecule has 1 amide bonds. The first kappa shape index (κ1) is 15.1. The maximum atomic E-state index is 12.3. The molecule has 0 spiro atoms. The van der Waals surface area contributed by atoms with E-state index in [-0.39, 0.29) is 12.1 Å². The lowest BCUT2D eigenvalue weighted by molar-refractivity contribution is 0.0928. The average Bonchev–Trinajstić information content (AvgIpc) is 2.66. The minimum Gasteiger partial charge on any atom is -0.438 e. The molecule has 4 rings (SSSR count). The van der Waals surface area contributed by atoms with Crippen molar-refractivity contribution in [3.05, 3.63) is 78.2 Å². The first-order valence-corrected chi connectivity index (χ1v) is 7.89. The van der Waals surface area contributed by atoms with Crippen LogP contribution < -0.4 is 15.0 Å². The molecular formula is C19H16N4O2. The summed E-state index contributed by atoms with van der Waals surface area (Å²) in [4.78, 5) is 22.4. The third-order valence-corrected chi connectivity index (χ3v) is 4.14. The van der Waals surface area contributed by atoms with E-state index >= 15 is 0 Å². The number of amides is 1. The molecule has 1 aromatic heterocycles. The van der Waals surface area contributed by atoms with E-state index in [1.807, 2.05) is 55.6 Å². The first-order chi connectivity index (χ1) is 12.2. The molecule has 2 aromatic carbocycles. The zero-order valence-corrected chi connectivity index (χ0v) is 13.6. The Bertz CT molecular complexity index is 897. The van der Waals surface area contributed by atoms with Crippen LogP contribution in [0.2, 0.25) is 0 Å². The molecule has 25 heavy (non-hydrogen) atoms. The van der Waals surface area contributed by atoms with Gasteiger partial charge in [0.25, 0.3) is 5.91 Å². The van der Waals surface area contributed by atoms with Crippen molar-refractivity contribution in [2.24, 2.45) is 0 Å². The first-order valence-electron chi connectivity index (χ1n) is 7.89. The largest absolute Gasteiger partial charge is 0.438 e. The van der Waals surface area contributed by atoms with E-state index in [9.17, 15) is 4.79 Å². The summed E-state index contributed by atoms with van der Waals surface area (Å²) in [5.41, 5.74) is 2.57. The normalized spacial score (nSPS) is 16.1. The van der Waals surface area contributed by atoms with Gasteiger partial charge in [0.2, 0.25) is 5.88 Å². The van der Waals surface area contributed by atoms with Gasteiger partial charge >= 0.3 is 0 Å². The maximum absolute atomic E-state index is 12.3. The summed E-state index contributed by atoms with van der Waals surface area (Å²) in [6, 6.07) is 15.1. The number of hydrogen-bond acceptors (Lipinski definition) is 5. The molecule has 3 aromatic rings. The van der Waals surface area contributed by atoms with Crippen molar-refractivity contribution >= 4 is 11.6 Å². The Balaban J connectivity index is 1.57. The van der Waals surface area contributed by atoms with Gasteiger partial charge in [-0.15, -0.1) is 0 Å². The molecule has 1 aliphatic rings. The quantitative estimate of drug-likeness (QED) is 0.798. The van der Waals surface area contributed by atoms with Crippen molar-refractivity contribution in [3.8, 4) is 11.6 Å². The summed E-state index contributed by atoms with van der Waals surface area (Å²) in [5.74, 6) is 1.03. The van der Waals surface area contributed by atoms with Gasteiger partial charge in [0, 0.05) is 19.4 Å². The highest BCUT2D eigenvalue weighted by Crippen LogP contribution is 2.32. The zero-order chi connectivity index (χ0) is 17.2. The van der Waals surface area contributed by atoms with Crippen molar-refractivity contribution in [1.82, 2.24) is 15.3 Å². The van der Waals surface area contributed by atoms with Gasteiger partial charge in [0.1, 0.15) is 11.9 Å². The number of nitrogens with zero attached hydrogens (tertiary/aromatic N) is 3. The fraction of sp³-hybridized carbons (Fsp3) is 0.105. The van der Waals surface area contributed by atoms with Crippen LogP contribution in [-0.2, 0) is 0 Å². The van der Waals surface area contributed by atoms with Crippen LogP contribution in [0.5, 0.6) is 11.6 Å². The van der Waals surface area contributed by atoms with Crippen molar-refractivity contribution < 1.29 is 9.53 Å². The predicted octanol–water partition coefficient (Wildman–Crippen LogP) is 3.15. The van der Waals surface area contributed by atoms with Crippen molar-refractivity contribution in [2.45, 2.75) is 6.17 Å². The number of para-hydroxylation sites is 1. The molecule has 0 saturated heterocycles. The van der Waals surface area contributed by atoms with Crippen LogP contribution in [0.3, 0.4) is 0 Å². The third kappa shape index (κ3) is 2.89. The highest BCUT2D eigenvalue weighted by molar-refractivity contribution is 6.01. The molecule has 0 bridgehead atoms. The van der Waals surface area contributed by atoms with E-state index in [0.717, 1.165) is 11.3 Å². The second-order valence-electron chi connectivity index (χ2n) is 5.72. The van der Waals surface area contributed by atoms with E-state index in [4.69, 9.17) is 4.74 Å². The second kappa shape index (κ2) is 6.24. The number of aromatic nitrogens is 2. The van der Waals surface area contributed by atoms with Crippen LogP contribution >= 0.6 is 0 Å². The van der Waals surface area contributed by atoms with Crippen molar-refractivity contribution in [3.63, 3.8) is 0 Å². The van der Waals surface area contributed by atoms with E-state index in [2.05, 4.69) is 20.2 Å². The Morgan fingerprint density at radius 1 is 1.08 bits per heavy atom. The molecule has 6 nitrogen and oxygen atoms in total. The second-order valence-corrected chi connectivity index (χ2v) is 5.72. The summed E-state index contributed by atoms with van der Waals surface area (Å²) >= 11 is 0. The number of nitrogens with one attached hydrogen (secondary N) is 1. The number of anilines is 1. The van der Waals surface area contributed by atoms with Crippen molar-refractivity contribution in [2.75, 3.05) is 11.9 Å². The third-order valence-electron chi connectivity index (χ3n) is 4.14. The minimum absolute atomic E-state index is 0.0708. The molecular weight excluding hydrogens is 316 g/mol. The van der Waals surface area contributed by atoms with Crippen LogP contribution in [0.1, 0.15) is 22.1 Å². The summed E-state index contributed by atoms with van der Waals surface area (Å²) in [5, 5.41) is 3.03. The lowest BCUT2D eigenvalue weighted by Crippen LogP contribution is -2.44. The zero-order valence-electron chi connectivity index (χ0n) is 13.6. The van der Waals surface area contributed by atoms with Gasteiger partial charge in [-0.25, -0.2) is 4.98 Å². The number of benzene rings is 2. The molecule has 1 aliphatic heterocycles. The Labute approximate surface area is 145 Å². The summed E-state index contributed by atoms with van der Waals surface area (Å²) in [7, 11) is 1.97. The van der Waals surface area contributed by atoms with Gasteiger partial charge in [-0.2, -0.15) is 0 Å². The fourth-order valence-corrected chi connectivity index (χ4v) is 2.90. The van der Waals surface area contributed by atoms with Crippen LogP contribution in [-0.4, -0.2) is 22.9 Å². The smallest absolute Gasteiger partial charge is 0.255 e. The molecule has 1 unspecified atom stereocenters. The van der Waals surface area contributed by atoms with E-state index in [0.29, 0.717) is 17.2 Å². The minimum atomic E-state index is -0.229. The lowest BCUT2D eigenvalue weighted by atomic mass is 10.0. The highest BCUT2D eigenvalue weighted by Gasteiger charge is 2.28. The Hall–Kier alpha value is -3.41. The highest BCUT2D eigenvalue weighted by atomic mass is 16.5. The molecule has 0 fully saturated rings. The molecule has 0 aliphatic carbocycles. The van der Waals surface area contributed by atoms with Crippen molar-refractivity contribution in [1.29, 1.82) is 0 Å². The monoisotopic (exact) mass is 332 g/mol. The van der Waals surface area contributed by atoms with Gasteiger partial charge in [-0.05, 0) is 29.8 Å². The molecule has 0 radical (unpaired) electrons. The van der Waals surface area contributed by atoms with Crippen LogP contribution in [0.25, 0.3) is 0 Å². The van der Waals surface area contributed by atoms with E-state index < -0.39 is 0 Å². The average molecular weight is 332 g/mol. The van der Waals surface area contributed by atoms with E-state index in [1.165, 1.54) is 0 Å². The summed E-state index contributed by atoms with van der Waals surface area (Å²) < 4.78 is 5.65. The standard InChI is InChI=1S/C19H16N4O2/c1-23-16-5-3-2-4-15(16)19(24)22-18(23)13-6-8-14(9-7-13)25-17-12-20-10-11-21-17/h2-12,18H,1H3,(H,22,24). The van der Waals surface area contributed by atoms with E-state index in [1.54, 1.807) is 18.6 Å². The summed E-state index contributed by atoms with van der Waals surface area (Å²) in [6.07, 6.45) is 4.50. The van der Waals surface area contributed by atoms with Gasteiger partial charge in [0.15, 0.2) is 0 Å². The number of rotatable bonds is 3. The Kier molecular flexibility index (Phi) is 3.78. The number of carbonyl (C=O) groups is 1.